The number of rotatable bonds is 10. The molecule has 1 aliphatic heterocycles. The summed E-state index contributed by atoms with van der Waals surface area (Å²) in [7, 11) is 0. The summed E-state index contributed by atoms with van der Waals surface area (Å²) in [6.45, 7) is 5.55. The van der Waals surface area contributed by atoms with E-state index in [0.29, 0.717) is 31.7 Å². The molecule has 1 saturated heterocycles. The van der Waals surface area contributed by atoms with Gasteiger partial charge in [0, 0.05) is 58.1 Å². The van der Waals surface area contributed by atoms with E-state index in [9.17, 15) is 9.59 Å². The van der Waals surface area contributed by atoms with Gasteiger partial charge in [-0.05, 0) is 12.0 Å². The zero-order chi connectivity index (χ0) is 21.0. The second kappa shape index (κ2) is 12.0. The number of carbonyl (C=O) groups excluding carboxylic acids is 2. The maximum Gasteiger partial charge on any atom is 0.274 e. The van der Waals surface area contributed by atoms with Crippen molar-refractivity contribution >= 4 is 11.8 Å². The molecule has 2 heterocycles. The number of ether oxygens (including phenoxy) is 1. The summed E-state index contributed by atoms with van der Waals surface area (Å²) < 4.78 is 5.33. The molecule has 1 fully saturated rings. The number of nitrogens with one attached hydrogen (secondary N) is 1. The summed E-state index contributed by atoms with van der Waals surface area (Å²) in [6.07, 6.45) is 5.46. The van der Waals surface area contributed by atoms with E-state index in [1.807, 2.05) is 30.3 Å². The van der Waals surface area contributed by atoms with Crippen LogP contribution in [0.1, 0.15) is 22.5 Å². The minimum Gasteiger partial charge on any atom is -0.379 e. The molecule has 0 spiro atoms. The van der Waals surface area contributed by atoms with Gasteiger partial charge in [0.15, 0.2) is 0 Å². The first kappa shape index (κ1) is 21.9. The number of hydrogen-bond acceptors (Lipinski definition) is 6. The monoisotopic (exact) mass is 411 g/mol. The zero-order valence-electron chi connectivity index (χ0n) is 17.2. The standard InChI is InChI=1S/C22H29N5O3/c28-21(25-10-13-26-14-16-30-17-15-26)7-12-27(11-6-19-4-2-1-3-5-19)22(29)20-18-23-8-9-24-20/h1-5,8-9,18H,6-7,10-17H2,(H,25,28). The normalized spacial score (nSPS) is 14.3. The molecule has 1 aliphatic rings. The first-order chi connectivity index (χ1) is 14.7. The molecule has 2 amide bonds. The number of amides is 2. The van der Waals surface area contributed by atoms with Crippen molar-refractivity contribution in [2.45, 2.75) is 12.8 Å². The summed E-state index contributed by atoms with van der Waals surface area (Å²) in [6, 6.07) is 9.98. The van der Waals surface area contributed by atoms with Gasteiger partial charge in [0.2, 0.25) is 5.91 Å². The molecule has 8 heteroatoms. The van der Waals surface area contributed by atoms with Crippen molar-refractivity contribution in [2.24, 2.45) is 0 Å². The van der Waals surface area contributed by atoms with Crippen LogP contribution in [0.25, 0.3) is 0 Å². The van der Waals surface area contributed by atoms with Crippen molar-refractivity contribution in [1.82, 2.24) is 25.1 Å². The molecule has 0 aliphatic carbocycles. The predicted molar refractivity (Wildman–Crippen MR) is 113 cm³/mol. The molecular formula is C22H29N5O3. The second-order valence-corrected chi connectivity index (χ2v) is 7.17. The van der Waals surface area contributed by atoms with Crippen LogP contribution in [-0.2, 0) is 16.0 Å². The Bertz CT molecular complexity index is 782. The molecule has 1 aromatic carbocycles. The van der Waals surface area contributed by atoms with Crippen LogP contribution in [-0.4, -0.2) is 84.1 Å². The molecule has 0 atom stereocenters. The van der Waals surface area contributed by atoms with E-state index >= 15 is 0 Å². The number of nitrogens with zero attached hydrogens (tertiary/aromatic N) is 4. The van der Waals surface area contributed by atoms with Gasteiger partial charge in [-0.25, -0.2) is 4.98 Å². The largest absolute Gasteiger partial charge is 0.379 e. The minimum absolute atomic E-state index is 0.0556. The third-order valence-electron chi connectivity index (χ3n) is 5.05. The fraction of sp³-hybridized carbons (Fsp3) is 0.455. The molecule has 30 heavy (non-hydrogen) atoms. The Morgan fingerprint density at radius 2 is 1.90 bits per heavy atom. The van der Waals surface area contributed by atoms with Crippen LogP contribution < -0.4 is 5.32 Å². The molecule has 0 unspecified atom stereocenters. The zero-order valence-corrected chi connectivity index (χ0v) is 17.2. The fourth-order valence-electron chi connectivity index (χ4n) is 3.30. The second-order valence-electron chi connectivity index (χ2n) is 7.17. The van der Waals surface area contributed by atoms with E-state index in [0.717, 1.165) is 38.4 Å². The first-order valence-corrected chi connectivity index (χ1v) is 10.4. The lowest BCUT2D eigenvalue weighted by atomic mass is 10.1. The highest BCUT2D eigenvalue weighted by atomic mass is 16.5. The van der Waals surface area contributed by atoms with E-state index < -0.39 is 0 Å². The van der Waals surface area contributed by atoms with Gasteiger partial charge < -0.3 is 15.0 Å². The molecule has 3 rings (SSSR count). The molecule has 2 aromatic rings. The average molecular weight is 412 g/mol. The van der Waals surface area contributed by atoms with E-state index in [1.54, 1.807) is 4.90 Å². The lowest BCUT2D eigenvalue weighted by molar-refractivity contribution is -0.121. The molecule has 0 bridgehead atoms. The van der Waals surface area contributed by atoms with Crippen LogP contribution in [0.3, 0.4) is 0 Å². The Hall–Kier alpha value is -2.84. The Labute approximate surface area is 177 Å². The number of aromatic nitrogens is 2. The van der Waals surface area contributed by atoms with Crippen molar-refractivity contribution in [3.63, 3.8) is 0 Å². The van der Waals surface area contributed by atoms with E-state index in [4.69, 9.17) is 4.74 Å². The number of carbonyl (C=O) groups is 2. The summed E-state index contributed by atoms with van der Waals surface area (Å²) in [5.74, 6) is -0.264. The van der Waals surface area contributed by atoms with E-state index in [2.05, 4.69) is 20.2 Å². The van der Waals surface area contributed by atoms with Crippen LogP contribution in [0.15, 0.2) is 48.9 Å². The quantitative estimate of drug-likeness (QED) is 0.628. The lowest BCUT2D eigenvalue weighted by Crippen LogP contribution is -2.42. The first-order valence-electron chi connectivity index (χ1n) is 10.4. The maximum atomic E-state index is 12.9. The van der Waals surface area contributed by atoms with Gasteiger partial charge in [-0.2, -0.15) is 0 Å². The Morgan fingerprint density at radius 1 is 1.10 bits per heavy atom. The molecule has 160 valence electrons. The van der Waals surface area contributed by atoms with Crippen LogP contribution in [0.5, 0.6) is 0 Å². The molecule has 1 aromatic heterocycles. The number of benzene rings is 1. The summed E-state index contributed by atoms with van der Waals surface area (Å²) in [4.78, 5) is 37.2. The van der Waals surface area contributed by atoms with Crippen molar-refractivity contribution in [2.75, 3.05) is 52.5 Å². The molecule has 0 saturated carbocycles. The maximum absolute atomic E-state index is 12.9. The highest BCUT2D eigenvalue weighted by Crippen LogP contribution is 2.06. The van der Waals surface area contributed by atoms with Crippen molar-refractivity contribution in [1.29, 1.82) is 0 Å². The van der Waals surface area contributed by atoms with Crippen LogP contribution in [0.4, 0.5) is 0 Å². The number of morpholine rings is 1. The molecule has 1 N–H and O–H groups in total. The SMILES string of the molecule is O=C(CCN(CCc1ccccc1)C(=O)c1cnccn1)NCCN1CCOCC1. The average Bonchev–Trinajstić information content (AvgIpc) is 2.80. The van der Waals surface area contributed by atoms with Crippen LogP contribution in [0.2, 0.25) is 0 Å². The minimum atomic E-state index is -0.208. The Kier molecular flexibility index (Phi) is 8.74. The van der Waals surface area contributed by atoms with Crippen LogP contribution in [0, 0.1) is 0 Å². The van der Waals surface area contributed by atoms with Gasteiger partial charge in [0.05, 0.1) is 19.4 Å². The highest BCUT2D eigenvalue weighted by molar-refractivity contribution is 5.92. The van der Waals surface area contributed by atoms with Gasteiger partial charge in [-0.3, -0.25) is 19.5 Å². The third kappa shape index (κ3) is 7.20. The van der Waals surface area contributed by atoms with Crippen molar-refractivity contribution in [3.8, 4) is 0 Å². The van der Waals surface area contributed by atoms with Gasteiger partial charge in [0.1, 0.15) is 5.69 Å². The fourth-order valence-corrected chi connectivity index (χ4v) is 3.30. The van der Waals surface area contributed by atoms with Gasteiger partial charge in [-0.1, -0.05) is 30.3 Å². The summed E-state index contributed by atoms with van der Waals surface area (Å²) in [5, 5.41) is 2.95. The van der Waals surface area contributed by atoms with Crippen molar-refractivity contribution < 1.29 is 14.3 Å². The van der Waals surface area contributed by atoms with Crippen LogP contribution >= 0.6 is 0 Å². The molecular weight excluding hydrogens is 382 g/mol. The Balaban J connectivity index is 1.49. The van der Waals surface area contributed by atoms with Gasteiger partial charge >= 0.3 is 0 Å². The molecule has 8 nitrogen and oxygen atoms in total. The van der Waals surface area contributed by atoms with Gasteiger partial charge in [-0.15, -0.1) is 0 Å². The Morgan fingerprint density at radius 3 is 2.63 bits per heavy atom. The molecule has 0 radical (unpaired) electrons. The third-order valence-corrected chi connectivity index (χ3v) is 5.05. The highest BCUT2D eigenvalue weighted by Gasteiger charge is 2.18. The summed E-state index contributed by atoms with van der Waals surface area (Å²) >= 11 is 0. The lowest BCUT2D eigenvalue weighted by Gasteiger charge is -2.26. The van der Waals surface area contributed by atoms with Gasteiger partial charge in [0.25, 0.3) is 5.91 Å². The van der Waals surface area contributed by atoms with Crippen molar-refractivity contribution in [3.05, 3.63) is 60.2 Å². The van der Waals surface area contributed by atoms with E-state index in [-0.39, 0.29) is 18.2 Å². The predicted octanol–water partition coefficient (Wildman–Crippen LogP) is 1.00. The summed E-state index contributed by atoms with van der Waals surface area (Å²) in [5.41, 5.74) is 1.43. The number of hydrogen-bond donors (Lipinski definition) is 1. The smallest absolute Gasteiger partial charge is 0.274 e. The topological polar surface area (TPSA) is 87.7 Å². The van der Waals surface area contributed by atoms with E-state index in [1.165, 1.54) is 18.6 Å².